The van der Waals surface area contributed by atoms with Gasteiger partial charge in [-0.3, -0.25) is 14.4 Å². The number of amides is 2. The van der Waals surface area contributed by atoms with E-state index >= 15 is 0 Å². The predicted octanol–water partition coefficient (Wildman–Crippen LogP) is 1.47. The lowest BCUT2D eigenvalue weighted by Crippen LogP contribution is -2.31. The van der Waals surface area contributed by atoms with Crippen molar-refractivity contribution in [3.8, 4) is 0 Å². The zero-order chi connectivity index (χ0) is 17.1. The van der Waals surface area contributed by atoms with Crippen molar-refractivity contribution in [1.29, 1.82) is 0 Å². The van der Waals surface area contributed by atoms with Crippen molar-refractivity contribution < 1.29 is 9.59 Å². The van der Waals surface area contributed by atoms with Crippen LogP contribution in [0.15, 0.2) is 47.3 Å². The van der Waals surface area contributed by atoms with Gasteiger partial charge in [-0.05, 0) is 25.1 Å². The van der Waals surface area contributed by atoms with Gasteiger partial charge in [-0.25, -0.2) is 0 Å². The summed E-state index contributed by atoms with van der Waals surface area (Å²) in [6.07, 6.45) is 0.406. The van der Waals surface area contributed by atoms with Crippen LogP contribution in [0.4, 0.5) is 5.69 Å². The van der Waals surface area contributed by atoms with Crippen LogP contribution in [0.3, 0.4) is 0 Å². The van der Waals surface area contributed by atoms with Crippen LogP contribution in [0.1, 0.15) is 22.5 Å². The van der Waals surface area contributed by atoms with Crippen LogP contribution in [0.2, 0.25) is 0 Å². The lowest BCUT2D eigenvalue weighted by Gasteiger charge is -2.16. The van der Waals surface area contributed by atoms with Gasteiger partial charge in [0.15, 0.2) is 0 Å². The summed E-state index contributed by atoms with van der Waals surface area (Å²) in [5.41, 5.74) is 1.55. The third-order valence-corrected chi connectivity index (χ3v) is 4.07. The quantitative estimate of drug-likeness (QED) is 0.893. The molecule has 6 heteroatoms. The average Bonchev–Trinajstić information content (AvgIpc) is 2.93. The van der Waals surface area contributed by atoms with E-state index in [0.717, 1.165) is 5.69 Å². The maximum absolute atomic E-state index is 12.2. The minimum atomic E-state index is -0.300. The fourth-order valence-electron chi connectivity index (χ4n) is 2.93. The highest BCUT2D eigenvalue weighted by atomic mass is 16.2. The first-order valence-corrected chi connectivity index (χ1v) is 7.87. The number of hydrogen-bond donors (Lipinski definition) is 2. The Bertz CT molecular complexity index is 814. The van der Waals surface area contributed by atoms with Gasteiger partial charge in [-0.15, -0.1) is 0 Å². The van der Waals surface area contributed by atoms with Crippen molar-refractivity contribution in [3.05, 3.63) is 64.1 Å². The zero-order valence-electron chi connectivity index (χ0n) is 13.4. The number of rotatable bonds is 4. The lowest BCUT2D eigenvalue weighted by atomic mass is 10.1. The number of benzene rings is 1. The molecule has 2 heterocycles. The Balaban J connectivity index is 1.60. The van der Waals surface area contributed by atoms with Crippen molar-refractivity contribution in [2.45, 2.75) is 13.3 Å². The maximum Gasteiger partial charge on any atom is 0.251 e. The Morgan fingerprint density at radius 3 is 2.71 bits per heavy atom. The number of aromatic nitrogens is 1. The number of hydrogen-bond acceptors (Lipinski definition) is 3. The van der Waals surface area contributed by atoms with Gasteiger partial charge in [0.25, 0.3) is 5.91 Å². The molecule has 0 saturated carbocycles. The van der Waals surface area contributed by atoms with E-state index in [0.29, 0.717) is 30.8 Å². The summed E-state index contributed by atoms with van der Waals surface area (Å²) >= 11 is 0. The van der Waals surface area contributed by atoms with Crippen LogP contribution in [-0.4, -0.2) is 29.9 Å². The molecule has 6 nitrogen and oxygen atoms in total. The Labute approximate surface area is 139 Å². The molecule has 1 aromatic carbocycles. The number of nitrogens with zero attached hydrogens (tertiary/aromatic N) is 1. The van der Waals surface area contributed by atoms with Crippen molar-refractivity contribution >= 4 is 17.5 Å². The SMILES string of the molecule is Cc1cc(C(=O)NC[C@@H]2CC(=O)N(c3ccccc3)C2)cc(=O)[nH]1. The largest absolute Gasteiger partial charge is 0.352 e. The number of nitrogens with one attached hydrogen (secondary N) is 2. The standard InChI is InChI=1S/C18H19N3O3/c1-12-7-14(9-16(22)20-12)18(24)19-10-13-8-17(23)21(11-13)15-5-3-2-4-6-15/h2-7,9,13H,8,10-11H2,1H3,(H,19,24)(H,20,22)/t13-/m0/s1. The molecule has 0 bridgehead atoms. The van der Waals surface area contributed by atoms with Gasteiger partial charge in [-0.2, -0.15) is 0 Å². The van der Waals surface area contributed by atoms with Gasteiger partial charge in [0.05, 0.1) is 0 Å². The number of H-pyrrole nitrogens is 1. The molecule has 3 rings (SSSR count). The molecule has 0 radical (unpaired) electrons. The van der Waals surface area contributed by atoms with E-state index < -0.39 is 0 Å². The average molecular weight is 325 g/mol. The van der Waals surface area contributed by atoms with E-state index in [-0.39, 0.29) is 23.3 Å². The van der Waals surface area contributed by atoms with Gasteiger partial charge in [0, 0.05) is 48.4 Å². The van der Waals surface area contributed by atoms with Gasteiger partial charge >= 0.3 is 0 Å². The van der Waals surface area contributed by atoms with E-state index in [2.05, 4.69) is 10.3 Å². The molecule has 1 saturated heterocycles. The van der Waals surface area contributed by atoms with Gasteiger partial charge < -0.3 is 15.2 Å². The summed E-state index contributed by atoms with van der Waals surface area (Å²) in [6, 6.07) is 12.4. The van der Waals surface area contributed by atoms with Crippen LogP contribution < -0.4 is 15.8 Å². The Kier molecular flexibility index (Phi) is 4.46. The fraction of sp³-hybridized carbons (Fsp3) is 0.278. The molecular formula is C18H19N3O3. The predicted molar refractivity (Wildman–Crippen MR) is 91.0 cm³/mol. The number of carbonyl (C=O) groups is 2. The number of aromatic amines is 1. The molecule has 1 fully saturated rings. The number of carbonyl (C=O) groups excluding carboxylic acids is 2. The molecule has 0 aliphatic carbocycles. The first-order valence-electron chi connectivity index (χ1n) is 7.87. The molecule has 0 spiro atoms. The molecule has 1 aliphatic heterocycles. The molecule has 2 amide bonds. The second kappa shape index (κ2) is 6.70. The van der Waals surface area contributed by atoms with Crippen LogP contribution >= 0.6 is 0 Å². The highest BCUT2D eigenvalue weighted by molar-refractivity contribution is 5.96. The van der Waals surface area contributed by atoms with Gasteiger partial charge in [0.2, 0.25) is 11.5 Å². The maximum atomic E-state index is 12.2. The summed E-state index contributed by atoms with van der Waals surface area (Å²) < 4.78 is 0. The summed E-state index contributed by atoms with van der Waals surface area (Å²) in [7, 11) is 0. The van der Waals surface area contributed by atoms with Crippen LogP contribution in [0.25, 0.3) is 0 Å². The van der Waals surface area contributed by atoms with Crippen molar-refractivity contribution in [2.24, 2.45) is 5.92 Å². The smallest absolute Gasteiger partial charge is 0.251 e. The summed E-state index contributed by atoms with van der Waals surface area (Å²) in [6.45, 7) is 2.71. The minimum absolute atomic E-state index is 0.0600. The van der Waals surface area contributed by atoms with E-state index in [4.69, 9.17) is 0 Å². The van der Waals surface area contributed by atoms with Crippen LogP contribution in [0, 0.1) is 12.8 Å². The second-order valence-electron chi connectivity index (χ2n) is 6.04. The Morgan fingerprint density at radius 2 is 2.00 bits per heavy atom. The third kappa shape index (κ3) is 3.53. The van der Waals surface area contributed by atoms with Crippen LogP contribution in [0.5, 0.6) is 0 Å². The summed E-state index contributed by atoms with van der Waals surface area (Å²) in [4.78, 5) is 40.1. The third-order valence-electron chi connectivity index (χ3n) is 4.07. The normalized spacial score (nSPS) is 17.1. The fourth-order valence-corrected chi connectivity index (χ4v) is 2.93. The highest BCUT2D eigenvalue weighted by Gasteiger charge is 2.30. The van der Waals surface area contributed by atoms with Crippen LogP contribution in [-0.2, 0) is 4.79 Å². The number of anilines is 1. The summed E-state index contributed by atoms with van der Waals surface area (Å²) in [5.74, 6) is -0.174. The van der Waals surface area contributed by atoms with E-state index in [9.17, 15) is 14.4 Å². The second-order valence-corrected chi connectivity index (χ2v) is 6.04. The van der Waals surface area contributed by atoms with Gasteiger partial charge in [0.1, 0.15) is 0 Å². The Morgan fingerprint density at radius 1 is 1.25 bits per heavy atom. The topological polar surface area (TPSA) is 82.3 Å². The number of pyridine rings is 1. The first kappa shape index (κ1) is 16.0. The number of aryl methyl sites for hydroxylation is 1. The number of para-hydroxylation sites is 1. The molecule has 1 aliphatic rings. The lowest BCUT2D eigenvalue weighted by molar-refractivity contribution is -0.117. The molecule has 1 aromatic heterocycles. The van der Waals surface area contributed by atoms with Crippen molar-refractivity contribution in [1.82, 2.24) is 10.3 Å². The minimum Gasteiger partial charge on any atom is -0.352 e. The van der Waals surface area contributed by atoms with Crippen molar-refractivity contribution in [2.75, 3.05) is 18.0 Å². The van der Waals surface area contributed by atoms with E-state index in [1.54, 1.807) is 17.9 Å². The van der Waals surface area contributed by atoms with Crippen molar-refractivity contribution in [3.63, 3.8) is 0 Å². The molecule has 0 unspecified atom stereocenters. The monoisotopic (exact) mass is 325 g/mol. The highest BCUT2D eigenvalue weighted by Crippen LogP contribution is 2.24. The van der Waals surface area contributed by atoms with Gasteiger partial charge in [-0.1, -0.05) is 18.2 Å². The molecule has 1 atom stereocenters. The molecule has 124 valence electrons. The molecular weight excluding hydrogens is 306 g/mol. The Hall–Kier alpha value is -2.89. The zero-order valence-corrected chi connectivity index (χ0v) is 13.4. The van der Waals surface area contributed by atoms with E-state index in [1.165, 1.54) is 6.07 Å². The summed E-state index contributed by atoms with van der Waals surface area (Å²) in [5, 5.41) is 2.82. The van der Waals surface area contributed by atoms with E-state index in [1.807, 2.05) is 30.3 Å². The molecule has 24 heavy (non-hydrogen) atoms. The first-order chi connectivity index (χ1) is 11.5. The molecule has 2 N–H and O–H groups in total. The molecule has 2 aromatic rings.